The molecule has 0 amide bonds. The largest absolute Gasteiger partial charge is 0.390 e. The zero-order valence-corrected chi connectivity index (χ0v) is 22.1. The summed E-state index contributed by atoms with van der Waals surface area (Å²) in [6.07, 6.45) is 14.6. The van der Waals surface area contributed by atoms with Crippen LogP contribution in [0.1, 0.15) is 91.9 Å². The van der Waals surface area contributed by atoms with Gasteiger partial charge in [-0.25, -0.2) is 0 Å². The van der Waals surface area contributed by atoms with E-state index in [4.69, 9.17) is 14.2 Å². The summed E-state index contributed by atoms with van der Waals surface area (Å²) >= 11 is 0. The van der Waals surface area contributed by atoms with Crippen LogP contribution in [0, 0.1) is 23.2 Å². The Morgan fingerprint density at radius 1 is 1.18 bits per heavy atom. The van der Waals surface area contributed by atoms with Gasteiger partial charge in [-0.1, -0.05) is 50.0 Å². The molecule has 3 aliphatic carbocycles. The Morgan fingerprint density at radius 2 is 1.88 bits per heavy atom. The van der Waals surface area contributed by atoms with Crippen molar-refractivity contribution >= 4 is 0 Å². The van der Waals surface area contributed by atoms with Crippen LogP contribution in [0.15, 0.2) is 23.3 Å². The summed E-state index contributed by atoms with van der Waals surface area (Å²) in [6.45, 7) is 10.2. The molecule has 0 radical (unpaired) electrons. The van der Waals surface area contributed by atoms with E-state index in [0.717, 1.165) is 23.8 Å². The van der Waals surface area contributed by atoms with Gasteiger partial charge in [0.1, 0.15) is 12.4 Å². The molecule has 1 spiro atoms. The van der Waals surface area contributed by atoms with Gasteiger partial charge in [0.15, 0.2) is 0 Å². The fourth-order valence-corrected chi connectivity index (χ4v) is 7.53. The second kappa shape index (κ2) is 10.3. The van der Waals surface area contributed by atoms with Crippen LogP contribution in [0.25, 0.3) is 0 Å². The maximum absolute atomic E-state index is 10.5. The van der Waals surface area contributed by atoms with E-state index in [0.29, 0.717) is 37.6 Å². The summed E-state index contributed by atoms with van der Waals surface area (Å²) in [5.41, 5.74) is 2.34. The Morgan fingerprint density at radius 3 is 2.53 bits per heavy atom. The third-order valence-electron chi connectivity index (χ3n) is 9.78. The minimum absolute atomic E-state index is 0.127. The Bertz CT molecular complexity index is 750. The van der Waals surface area contributed by atoms with Crippen molar-refractivity contribution in [2.45, 2.75) is 115 Å². The third-order valence-corrected chi connectivity index (χ3v) is 9.78. The molecule has 0 aromatic rings. The van der Waals surface area contributed by atoms with Crippen molar-refractivity contribution in [3.8, 4) is 0 Å². The minimum atomic E-state index is -0.673. The summed E-state index contributed by atoms with van der Waals surface area (Å²) in [5.74, 6) is 2.18. The lowest BCUT2D eigenvalue weighted by Gasteiger charge is -2.44. The van der Waals surface area contributed by atoms with E-state index >= 15 is 0 Å². The van der Waals surface area contributed by atoms with Crippen LogP contribution < -0.4 is 0 Å². The number of aliphatic hydroxyl groups excluding tert-OH is 2. The minimum Gasteiger partial charge on any atom is -0.390 e. The molecule has 1 aliphatic heterocycles. The second-order valence-electron chi connectivity index (χ2n) is 12.5. The third kappa shape index (κ3) is 5.34. The summed E-state index contributed by atoms with van der Waals surface area (Å²) in [7, 11) is 1.68. The van der Waals surface area contributed by atoms with E-state index in [2.05, 4.69) is 39.8 Å². The maximum Gasteiger partial charge on any atom is 0.147 e. The van der Waals surface area contributed by atoms with Gasteiger partial charge in [0.2, 0.25) is 0 Å². The fraction of sp³-hybridized carbons (Fsp3) is 0.862. The quantitative estimate of drug-likeness (QED) is 0.337. The molecule has 0 aromatic carbocycles. The van der Waals surface area contributed by atoms with Crippen molar-refractivity contribution in [3.05, 3.63) is 23.3 Å². The first-order chi connectivity index (χ1) is 16.1. The van der Waals surface area contributed by atoms with Gasteiger partial charge in [-0.15, -0.1) is 0 Å². The van der Waals surface area contributed by atoms with Crippen LogP contribution in [0.4, 0.5) is 0 Å². The molecule has 1 heterocycles. The highest BCUT2D eigenvalue weighted by atomic mass is 16.7. The monoisotopic (exact) mass is 476 g/mol. The molecule has 194 valence electrons. The molecule has 4 fully saturated rings. The fourth-order valence-electron chi connectivity index (χ4n) is 7.53. The summed E-state index contributed by atoms with van der Waals surface area (Å²) in [5, 5.41) is 20.9. The zero-order chi connectivity index (χ0) is 24.6. The van der Waals surface area contributed by atoms with Gasteiger partial charge >= 0.3 is 0 Å². The van der Waals surface area contributed by atoms with Crippen LogP contribution in [0.3, 0.4) is 0 Å². The lowest BCUT2D eigenvalue weighted by Crippen LogP contribution is -2.45. The summed E-state index contributed by atoms with van der Waals surface area (Å²) in [4.78, 5) is 0. The Kier molecular flexibility index (Phi) is 8.01. The van der Waals surface area contributed by atoms with Crippen molar-refractivity contribution in [3.63, 3.8) is 0 Å². The standard InChI is InChI=1S/C29H48O5/c1-20(8-6-14-27(2,3)34-19-32-5)23-12-13-24-22(9-7-15-28(23,24)4)11-10-21-16-25(30)29(18-33-29)26(31)17-21/h10-11,20,23-26,30-31H,6-9,12-19H2,1-5H3/b21-10?,22-11+/t20-,23?,24?,25-,26-,28?,29?/m1/s1. The highest BCUT2D eigenvalue weighted by molar-refractivity contribution is 5.28. The van der Waals surface area contributed by atoms with Crippen LogP contribution in [0.5, 0.6) is 0 Å². The van der Waals surface area contributed by atoms with E-state index in [1.807, 2.05) is 0 Å². The number of hydrogen-bond donors (Lipinski definition) is 2. The second-order valence-corrected chi connectivity index (χ2v) is 12.5. The SMILES string of the molecule is COCOC(C)(C)CCC[C@@H](C)C1CCC2/C(=C/C=C3C[C@@H](O)C4(CO4)[C@H](O)C3)CCCC21C. The average Bonchev–Trinajstić information content (AvgIpc) is 3.51. The summed E-state index contributed by atoms with van der Waals surface area (Å²) in [6, 6.07) is 0. The first kappa shape index (κ1) is 26.3. The van der Waals surface area contributed by atoms with E-state index in [-0.39, 0.29) is 5.60 Å². The van der Waals surface area contributed by atoms with Gasteiger partial charge < -0.3 is 24.4 Å². The molecular formula is C29H48O5. The van der Waals surface area contributed by atoms with Crippen molar-refractivity contribution < 1.29 is 24.4 Å². The molecule has 3 saturated carbocycles. The van der Waals surface area contributed by atoms with Crippen molar-refractivity contribution in [1.82, 2.24) is 0 Å². The number of rotatable bonds is 9. The number of methoxy groups -OCH3 is 1. The number of aliphatic hydroxyl groups is 2. The molecular weight excluding hydrogens is 428 g/mol. The molecule has 5 heteroatoms. The molecule has 2 N–H and O–H groups in total. The van der Waals surface area contributed by atoms with E-state index in [9.17, 15) is 10.2 Å². The Hall–Kier alpha value is -0.720. The van der Waals surface area contributed by atoms with Crippen molar-refractivity contribution in [2.24, 2.45) is 23.2 Å². The first-order valence-electron chi connectivity index (χ1n) is 13.6. The van der Waals surface area contributed by atoms with Crippen LogP contribution in [-0.4, -0.2) is 54.1 Å². The number of hydrogen-bond acceptors (Lipinski definition) is 5. The average molecular weight is 477 g/mol. The molecule has 0 aromatic heterocycles. The van der Waals surface area contributed by atoms with Crippen LogP contribution >= 0.6 is 0 Å². The number of epoxide rings is 1. The number of ether oxygens (including phenoxy) is 3. The first-order valence-corrected chi connectivity index (χ1v) is 13.6. The number of allylic oxidation sites excluding steroid dienone is 3. The van der Waals surface area contributed by atoms with Gasteiger partial charge in [-0.3, -0.25) is 0 Å². The van der Waals surface area contributed by atoms with Crippen LogP contribution in [0.2, 0.25) is 0 Å². The highest BCUT2D eigenvalue weighted by Crippen LogP contribution is 2.60. The van der Waals surface area contributed by atoms with Crippen LogP contribution in [-0.2, 0) is 14.2 Å². The Balaban J connectivity index is 1.36. The van der Waals surface area contributed by atoms with Gasteiger partial charge in [0, 0.05) is 7.11 Å². The zero-order valence-electron chi connectivity index (χ0n) is 22.1. The molecule has 6 atom stereocenters. The lowest BCUT2D eigenvalue weighted by molar-refractivity contribution is -0.118. The predicted molar refractivity (Wildman–Crippen MR) is 134 cm³/mol. The molecule has 1 saturated heterocycles. The predicted octanol–water partition coefficient (Wildman–Crippen LogP) is 5.55. The van der Waals surface area contributed by atoms with E-state index in [1.165, 1.54) is 44.9 Å². The normalized spacial score (nSPS) is 40.0. The topological polar surface area (TPSA) is 71.5 Å². The highest BCUT2D eigenvalue weighted by Gasteiger charge is 2.59. The molecule has 4 rings (SSSR count). The molecule has 0 bridgehead atoms. The van der Waals surface area contributed by atoms with Gasteiger partial charge in [0.05, 0.1) is 24.4 Å². The molecule has 34 heavy (non-hydrogen) atoms. The van der Waals surface area contributed by atoms with E-state index < -0.39 is 17.8 Å². The lowest BCUT2D eigenvalue weighted by atomic mass is 9.60. The number of fused-ring (bicyclic) bond motifs is 1. The van der Waals surface area contributed by atoms with Gasteiger partial charge in [0.25, 0.3) is 0 Å². The molecule has 5 nitrogen and oxygen atoms in total. The van der Waals surface area contributed by atoms with Crippen molar-refractivity contribution in [1.29, 1.82) is 0 Å². The van der Waals surface area contributed by atoms with Gasteiger partial charge in [-0.05, 0) is 88.4 Å². The summed E-state index contributed by atoms with van der Waals surface area (Å²) < 4.78 is 16.3. The smallest absolute Gasteiger partial charge is 0.147 e. The molecule has 4 aliphatic rings. The molecule has 3 unspecified atom stereocenters. The van der Waals surface area contributed by atoms with Gasteiger partial charge in [-0.2, -0.15) is 0 Å². The maximum atomic E-state index is 10.5. The Labute approximate surface area is 206 Å². The van der Waals surface area contributed by atoms with E-state index in [1.54, 1.807) is 12.7 Å². The van der Waals surface area contributed by atoms with Crippen molar-refractivity contribution in [2.75, 3.05) is 20.5 Å².